The van der Waals surface area contributed by atoms with E-state index in [1.54, 1.807) is 6.07 Å². The van der Waals surface area contributed by atoms with E-state index in [1.807, 2.05) is 18.2 Å². The Balaban J connectivity index is 1.61. The maximum absolute atomic E-state index is 12.4. The first-order valence-corrected chi connectivity index (χ1v) is 9.86. The number of nitro groups is 1. The summed E-state index contributed by atoms with van der Waals surface area (Å²) in [5, 5.41) is 23.6. The maximum atomic E-state index is 12.4. The number of nitro benzene ring substituents is 1. The van der Waals surface area contributed by atoms with E-state index in [0.717, 1.165) is 36.2 Å². The molecule has 0 unspecified atom stereocenters. The molecule has 1 aromatic heterocycles. The van der Waals surface area contributed by atoms with Gasteiger partial charge in [-0.3, -0.25) is 14.9 Å². The van der Waals surface area contributed by atoms with Gasteiger partial charge in [-0.25, -0.2) is 0 Å². The van der Waals surface area contributed by atoms with Crippen molar-refractivity contribution >= 4 is 55.5 Å². The van der Waals surface area contributed by atoms with Crippen molar-refractivity contribution in [2.45, 2.75) is 19.3 Å². The minimum Gasteiger partial charge on any atom is -0.353 e. The molecular weight excluding hydrogens is 438 g/mol. The minimum atomic E-state index is -0.531. The zero-order valence-corrected chi connectivity index (χ0v) is 16.6. The number of nitrogens with zero attached hydrogens (tertiary/aromatic N) is 3. The second kappa shape index (κ2) is 6.63. The Labute approximate surface area is 173 Å². The molecule has 5 rings (SSSR count). The third-order valence-corrected chi connectivity index (χ3v) is 5.66. The second-order valence-corrected chi connectivity index (χ2v) is 7.85. The Bertz CT molecular complexity index is 1270. The Kier molecular flexibility index (Phi) is 4.06. The number of nitrogens with one attached hydrogen (secondary N) is 2. The molecule has 0 saturated carbocycles. The highest BCUT2D eigenvalue weighted by molar-refractivity contribution is 9.10. The van der Waals surface area contributed by atoms with Crippen LogP contribution in [0.5, 0.6) is 0 Å². The number of H-pyrrole nitrogens is 1. The molecule has 8 nitrogen and oxygen atoms in total. The fourth-order valence-electron chi connectivity index (χ4n) is 3.92. The topological polar surface area (TPSA) is 113 Å². The van der Waals surface area contributed by atoms with Gasteiger partial charge in [-0.1, -0.05) is 34.1 Å². The quantitative estimate of drug-likeness (QED) is 0.446. The van der Waals surface area contributed by atoms with Crippen molar-refractivity contribution in [2.75, 3.05) is 5.32 Å². The van der Waals surface area contributed by atoms with Crippen molar-refractivity contribution in [1.29, 1.82) is 0 Å². The predicted octanol–water partition coefficient (Wildman–Crippen LogP) is 4.32. The molecular formula is C20H14BrN5O3. The SMILES string of the molecule is O=C1Nc2c(cc(Br)cc2[N+](=O)[O-])/C1=N\N=C1\CCCc2c1[nH]c1ccccc21. The Morgan fingerprint density at radius 2 is 1.97 bits per heavy atom. The summed E-state index contributed by atoms with van der Waals surface area (Å²) in [6.07, 6.45) is 2.64. The van der Waals surface area contributed by atoms with Gasteiger partial charge in [-0.15, -0.1) is 5.10 Å². The number of halogens is 1. The van der Waals surface area contributed by atoms with Gasteiger partial charge in [0.05, 0.1) is 16.3 Å². The summed E-state index contributed by atoms with van der Waals surface area (Å²) in [6.45, 7) is 0. The molecule has 1 amide bonds. The smallest absolute Gasteiger partial charge is 0.294 e. The largest absolute Gasteiger partial charge is 0.353 e. The fourth-order valence-corrected chi connectivity index (χ4v) is 4.37. The zero-order chi connectivity index (χ0) is 20.1. The summed E-state index contributed by atoms with van der Waals surface area (Å²) in [7, 11) is 0. The van der Waals surface area contributed by atoms with Crippen LogP contribution in [-0.4, -0.2) is 27.2 Å². The number of para-hydroxylation sites is 1. The Morgan fingerprint density at radius 1 is 1.14 bits per heavy atom. The van der Waals surface area contributed by atoms with Crippen molar-refractivity contribution < 1.29 is 9.72 Å². The van der Waals surface area contributed by atoms with Crippen LogP contribution in [0.2, 0.25) is 0 Å². The van der Waals surface area contributed by atoms with Crippen LogP contribution in [0.3, 0.4) is 0 Å². The fraction of sp³-hybridized carbons (Fsp3) is 0.150. The third kappa shape index (κ3) is 2.85. The molecule has 2 N–H and O–H groups in total. The molecule has 144 valence electrons. The average Bonchev–Trinajstić information content (AvgIpc) is 3.23. The third-order valence-electron chi connectivity index (χ3n) is 5.20. The first-order valence-electron chi connectivity index (χ1n) is 9.07. The molecule has 0 saturated heterocycles. The van der Waals surface area contributed by atoms with Crippen molar-refractivity contribution in [1.82, 2.24) is 4.98 Å². The van der Waals surface area contributed by atoms with E-state index < -0.39 is 10.8 Å². The number of aryl methyl sites for hydroxylation is 1. The normalized spacial score (nSPS) is 18.2. The lowest BCUT2D eigenvalue weighted by molar-refractivity contribution is -0.384. The van der Waals surface area contributed by atoms with Crippen LogP contribution >= 0.6 is 15.9 Å². The van der Waals surface area contributed by atoms with Crippen LogP contribution in [0.15, 0.2) is 51.1 Å². The molecule has 2 heterocycles. The number of aromatic amines is 1. The van der Waals surface area contributed by atoms with E-state index in [0.29, 0.717) is 10.0 Å². The molecule has 3 aromatic rings. The Morgan fingerprint density at radius 3 is 2.79 bits per heavy atom. The van der Waals surface area contributed by atoms with Crippen molar-refractivity contribution in [2.24, 2.45) is 10.2 Å². The van der Waals surface area contributed by atoms with Gasteiger partial charge < -0.3 is 10.3 Å². The number of carbonyl (C=O) groups is 1. The molecule has 0 atom stereocenters. The van der Waals surface area contributed by atoms with Crippen LogP contribution in [0.25, 0.3) is 10.9 Å². The molecule has 29 heavy (non-hydrogen) atoms. The minimum absolute atomic E-state index is 0.0696. The van der Waals surface area contributed by atoms with Gasteiger partial charge in [0.2, 0.25) is 0 Å². The molecule has 2 aliphatic rings. The number of anilines is 1. The molecule has 1 aliphatic carbocycles. The Hall–Kier alpha value is -3.33. The zero-order valence-electron chi connectivity index (χ0n) is 15.0. The van der Waals surface area contributed by atoms with Gasteiger partial charge in [0, 0.05) is 27.0 Å². The van der Waals surface area contributed by atoms with Gasteiger partial charge >= 0.3 is 0 Å². The molecule has 2 aromatic carbocycles. The van der Waals surface area contributed by atoms with Crippen LogP contribution in [-0.2, 0) is 11.2 Å². The standard InChI is InChI=1S/C20H14BrN5O3/c21-10-8-13-18(16(9-10)26(28)29)23-20(27)19(13)25-24-15-7-3-5-12-11-4-1-2-6-14(11)22-17(12)15/h1-2,4,6,8-9,22H,3,5,7H2,(H,23,25,27)/b24-15-. The number of hydrogen-bond acceptors (Lipinski definition) is 5. The van der Waals surface area contributed by atoms with E-state index in [9.17, 15) is 14.9 Å². The monoisotopic (exact) mass is 451 g/mol. The summed E-state index contributed by atoms with van der Waals surface area (Å²) < 4.78 is 0.496. The number of carbonyl (C=O) groups excluding carboxylic acids is 1. The number of rotatable bonds is 2. The van der Waals surface area contributed by atoms with Gasteiger partial charge in [0.1, 0.15) is 5.69 Å². The van der Waals surface area contributed by atoms with Crippen molar-refractivity contribution in [3.05, 3.63) is 67.8 Å². The molecule has 0 radical (unpaired) electrons. The molecule has 1 aliphatic heterocycles. The molecule has 9 heteroatoms. The highest BCUT2D eigenvalue weighted by Crippen LogP contribution is 2.36. The summed E-state index contributed by atoms with van der Waals surface area (Å²) in [4.78, 5) is 26.6. The second-order valence-electron chi connectivity index (χ2n) is 6.93. The first-order chi connectivity index (χ1) is 14.0. The van der Waals surface area contributed by atoms with E-state index in [1.165, 1.54) is 17.0 Å². The van der Waals surface area contributed by atoms with Crippen LogP contribution in [0, 0.1) is 10.1 Å². The summed E-state index contributed by atoms with van der Waals surface area (Å²) >= 11 is 3.26. The summed E-state index contributed by atoms with van der Waals surface area (Å²) in [5.74, 6) is -0.502. The number of fused-ring (bicyclic) bond motifs is 4. The maximum Gasteiger partial charge on any atom is 0.294 e. The van der Waals surface area contributed by atoms with Gasteiger partial charge in [0.15, 0.2) is 5.71 Å². The van der Waals surface area contributed by atoms with Gasteiger partial charge in [-0.05, 0) is 37.0 Å². The van der Waals surface area contributed by atoms with Gasteiger partial charge in [-0.2, -0.15) is 5.10 Å². The molecule has 0 bridgehead atoms. The predicted molar refractivity (Wildman–Crippen MR) is 114 cm³/mol. The number of amides is 1. The van der Waals surface area contributed by atoms with Crippen LogP contribution in [0.1, 0.15) is 29.7 Å². The van der Waals surface area contributed by atoms with Gasteiger partial charge in [0.25, 0.3) is 11.6 Å². The lowest BCUT2D eigenvalue weighted by atomic mass is 9.94. The van der Waals surface area contributed by atoms with E-state index in [-0.39, 0.29) is 17.1 Å². The first kappa shape index (κ1) is 17.7. The van der Waals surface area contributed by atoms with Crippen LogP contribution in [0.4, 0.5) is 11.4 Å². The van der Waals surface area contributed by atoms with E-state index in [2.05, 4.69) is 42.5 Å². The number of aromatic nitrogens is 1. The van der Waals surface area contributed by atoms with Crippen molar-refractivity contribution in [3.63, 3.8) is 0 Å². The summed E-state index contributed by atoms with van der Waals surface area (Å²) in [5.41, 5.74) is 4.38. The summed E-state index contributed by atoms with van der Waals surface area (Å²) in [6, 6.07) is 11.1. The lowest BCUT2D eigenvalue weighted by Crippen LogP contribution is -2.15. The average molecular weight is 452 g/mol. The molecule has 0 fully saturated rings. The number of benzene rings is 2. The van der Waals surface area contributed by atoms with Crippen LogP contribution < -0.4 is 5.32 Å². The van der Waals surface area contributed by atoms with Crippen molar-refractivity contribution in [3.8, 4) is 0 Å². The van der Waals surface area contributed by atoms with E-state index >= 15 is 0 Å². The highest BCUT2D eigenvalue weighted by Gasteiger charge is 2.33. The highest BCUT2D eigenvalue weighted by atomic mass is 79.9. The molecule has 0 spiro atoms. The van der Waals surface area contributed by atoms with E-state index in [4.69, 9.17) is 0 Å². The lowest BCUT2D eigenvalue weighted by Gasteiger charge is -2.12. The number of hydrogen-bond donors (Lipinski definition) is 2.